The second-order valence-corrected chi connectivity index (χ2v) is 3.74. The number of hydrogen-bond acceptors (Lipinski definition) is 3. The third kappa shape index (κ3) is 2.15. The lowest BCUT2D eigenvalue weighted by atomic mass is 10.1. The van der Waals surface area contributed by atoms with Crippen LogP contribution in [0.5, 0.6) is 0 Å². The predicted molar refractivity (Wildman–Crippen MR) is 62.0 cm³/mol. The maximum Gasteiger partial charge on any atom is 0.259 e. The summed E-state index contributed by atoms with van der Waals surface area (Å²) in [6.45, 7) is 1.73. The van der Waals surface area contributed by atoms with Gasteiger partial charge in [-0.05, 0) is 13.0 Å². The van der Waals surface area contributed by atoms with Crippen molar-refractivity contribution < 1.29 is 13.6 Å². The Balaban J connectivity index is 2.30. The lowest BCUT2D eigenvalue weighted by molar-refractivity contribution is 0.102. The third-order valence-corrected chi connectivity index (χ3v) is 2.40. The zero-order chi connectivity index (χ0) is 13.3. The number of aromatic amines is 1. The fourth-order valence-corrected chi connectivity index (χ4v) is 1.41. The van der Waals surface area contributed by atoms with Gasteiger partial charge in [-0.25, -0.2) is 8.78 Å². The molecule has 1 aromatic carbocycles. The van der Waals surface area contributed by atoms with Crippen LogP contribution >= 0.6 is 0 Å². The second-order valence-electron chi connectivity index (χ2n) is 3.74. The van der Waals surface area contributed by atoms with E-state index in [2.05, 4.69) is 15.5 Å². The zero-order valence-corrected chi connectivity index (χ0v) is 9.42. The summed E-state index contributed by atoms with van der Waals surface area (Å²) in [5.74, 6) is -2.49. The molecule has 1 heterocycles. The number of H-pyrrole nitrogens is 1. The first kappa shape index (κ1) is 12.0. The van der Waals surface area contributed by atoms with Crippen LogP contribution < -0.4 is 11.1 Å². The quantitative estimate of drug-likeness (QED) is 0.713. The number of carbonyl (C=O) groups is 1. The number of benzene rings is 1. The topological polar surface area (TPSA) is 83.8 Å². The summed E-state index contributed by atoms with van der Waals surface area (Å²) in [6, 6.07) is 1.52. The van der Waals surface area contributed by atoms with Gasteiger partial charge in [-0.3, -0.25) is 9.89 Å². The van der Waals surface area contributed by atoms with Gasteiger partial charge in [0.15, 0.2) is 11.6 Å². The van der Waals surface area contributed by atoms with Crippen molar-refractivity contribution >= 4 is 17.4 Å². The van der Waals surface area contributed by atoms with Gasteiger partial charge in [0, 0.05) is 17.3 Å². The Labute approximate surface area is 101 Å². The summed E-state index contributed by atoms with van der Waals surface area (Å²) in [5.41, 5.74) is 5.91. The maximum atomic E-state index is 13.0. The smallest absolute Gasteiger partial charge is 0.259 e. The number of halogens is 2. The highest BCUT2D eigenvalue weighted by Gasteiger charge is 2.15. The van der Waals surface area contributed by atoms with Crippen molar-refractivity contribution in [2.45, 2.75) is 6.92 Å². The summed E-state index contributed by atoms with van der Waals surface area (Å²) in [7, 11) is 0. The minimum absolute atomic E-state index is 0.136. The Kier molecular flexibility index (Phi) is 2.97. The van der Waals surface area contributed by atoms with Gasteiger partial charge >= 0.3 is 0 Å². The predicted octanol–water partition coefficient (Wildman–Crippen LogP) is 1.83. The normalized spacial score (nSPS) is 10.4. The number of rotatable bonds is 2. The van der Waals surface area contributed by atoms with Crippen LogP contribution in [0, 0.1) is 18.6 Å². The molecule has 0 unspecified atom stereocenters. The van der Waals surface area contributed by atoms with Crippen molar-refractivity contribution in [1.29, 1.82) is 0 Å². The Hall–Kier alpha value is -2.44. The Morgan fingerprint density at radius 2 is 2.06 bits per heavy atom. The number of nitrogen functional groups attached to an aromatic ring is 1. The van der Waals surface area contributed by atoms with E-state index in [0.29, 0.717) is 11.4 Å². The van der Waals surface area contributed by atoms with Crippen LogP contribution in [0.1, 0.15) is 15.9 Å². The molecule has 0 aliphatic rings. The molecule has 0 fully saturated rings. The number of nitrogens with zero attached hydrogens (tertiary/aromatic N) is 1. The van der Waals surface area contributed by atoms with Gasteiger partial charge in [0.2, 0.25) is 0 Å². The summed E-state index contributed by atoms with van der Waals surface area (Å²) in [5, 5.41) is 8.75. The monoisotopic (exact) mass is 252 g/mol. The molecular formula is C11H10F2N4O. The number of aromatic nitrogens is 2. The molecule has 0 aliphatic heterocycles. The van der Waals surface area contributed by atoms with Crippen molar-refractivity contribution in [3.8, 4) is 0 Å². The van der Waals surface area contributed by atoms with Crippen LogP contribution in [0.4, 0.5) is 20.3 Å². The number of aryl methyl sites for hydroxylation is 1. The van der Waals surface area contributed by atoms with Crippen LogP contribution in [0.15, 0.2) is 18.3 Å². The Morgan fingerprint density at radius 1 is 1.39 bits per heavy atom. The molecule has 1 amide bonds. The van der Waals surface area contributed by atoms with Gasteiger partial charge < -0.3 is 11.1 Å². The minimum atomic E-state index is -1.13. The highest BCUT2D eigenvalue weighted by molar-refractivity contribution is 6.07. The molecule has 0 atom stereocenters. The number of carbonyl (C=O) groups excluding carboxylic acids is 1. The van der Waals surface area contributed by atoms with Gasteiger partial charge in [-0.2, -0.15) is 5.10 Å². The third-order valence-electron chi connectivity index (χ3n) is 2.40. The van der Waals surface area contributed by atoms with Crippen molar-refractivity contribution in [3.63, 3.8) is 0 Å². The minimum Gasteiger partial charge on any atom is -0.398 e. The van der Waals surface area contributed by atoms with E-state index in [9.17, 15) is 13.6 Å². The van der Waals surface area contributed by atoms with E-state index in [4.69, 9.17) is 5.73 Å². The van der Waals surface area contributed by atoms with Crippen LogP contribution in [0.3, 0.4) is 0 Å². The lowest BCUT2D eigenvalue weighted by Crippen LogP contribution is -2.15. The molecule has 0 bridgehead atoms. The Bertz CT molecular complexity index is 609. The average Bonchev–Trinajstić information content (AvgIpc) is 2.69. The molecule has 4 N–H and O–H groups in total. The largest absolute Gasteiger partial charge is 0.398 e. The highest BCUT2D eigenvalue weighted by atomic mass is 19.2. The second kappa shape index (κ2) is 4.44. The van der Waals surface area contributed by atoms with E-state index >= 15 is 0 Å². The van der Waals surface area contributed by atoms with Crippen molar-refractivity contribution in [2.24, 2.45) is 0 Å². The van der Waals surface area contributed by atoms with Gasteiger partial charge in [-0.15, -0.1) is 0 Å². The molecule has 94 valence electrons. The fraction of sp³-hybridized carbons (Fsp3) is 0.0909. The molecule has 1 aromatic heterocycles. The average molecular weight is 252 g/mol. The Morgan fingerprint density at radius 3 is 2.67 bits per heavy atom. The van der Waals surface area contributed by atoms with Gasteiger partial charge in [-0.1, -0.05) is 0 Å². The standard InChI is InChI=1S/C11H10F2N4O/c1-5-4-15-17-10(5)16-11(18)6-2-7(12)8(13)3-9(6)14/h2-4H,14H2,1H3,(H2,15,16,17,18). The van der Waals surface area contributed by atoms with E-state index in [1.165, 1.54) is 6.20 Å². The van der Waals surface area contributed by atoms with E-state index in [1.54, 1.807) is 6.92 Å². The van der Waals surface area contributed by atoms with E-state index in [0.717, 1.165) is 12.1 Å². The van der Waals surface area contributed by atoms with Crippen LogP contribution in [-0.4, -0.2) is 16.1 Å². The molecule has 0 spiro atoms. The molecule has 18 heavy (non-hydrogen) atoms. The molecule has 0 radical (unpaired) electrons. The van der Waals surface area contributed by atoms with E-state index in [-0.39, 0.29) is 11.3 Å². The summed E-state index contributed by atoms with van der Waals surface area (Å²) in [4.78, 5) is 11.8. The van der Waals surface area contributed by atoms with Crippen LogP contribution in [0.2, 0.25) is 0 Å². The van der Waals surface area contributed by atoms with Gasteiger partial charge in [0.1, 0.15) is 5.82 Å². The first-order chi connectivity index (χ1) is 8.49. The number of hydrogen-bond donors (Lipinski definition) is 3. The van der Waals surface area contributed by atoms with Gasteiger partial charge in [0.05, 0.1) is 11.8 Å². The van der Waals surface area contributed by atoms with Crippen LogP contribution in [0.25, 0.3) is 0 Å². The van der Waals surface area contributed by atoms with E-state index < -0.39 is 17.5 Å². The lowest BCUT2D eigenvalue weighted by Gasteiger charge is -2.07. The molecule has 2 aromatic rings. The highest BCUT2D eigenvalue weighted by Crippen LogP contribution is 2.19. The SMILES string of the molecule is Cc1cn[nH]c1NC(=O)c1cc(F)c(F)cc1N. The number of anilines is 2. The molecule has 7 heteroatoms. The maximum absolute atomic E-state index is 13.0. The van der Waals surface area contributed by atoms with Crippen LogP contribution in [-0.2, 0) is 0 Å². The summed E-state index contributed by atoms with van der Waals surface area (Å²) < 4.78 is 25.9. The molecule has 0 aliphatic carbocycles. The van der Waals surface area contributed by atoms with Crippen molar-refractivity contribution in [2.75, 3.05) is 11.1 Å². The molecule has 5 nitrogen and oxygen atoms in total. The number of amides is 1. The summed E-state index contributed by atoms with van der Waals surface area (Å²) >= 11 is 0. The fourth-order valence-electron chi connectivity index (χ4n) is 1.41. The molecule has 0 saturated heterocycles. The first-order valence-electron chi connectivity index (χ1n) is 5.05. The molecule has 2 rings (SSSR count). The molecular weight excluding hydrogens is 242 g/mol. The zero-order valence-electron chi connectivity index (χ0n) is 9.42. The number of nitrogens with two attached hydrogens (primary N) is 1. The van der Waals surface area contributed by atoms with Crippen molar-refractivity contribution in [3.05, 3.63) is 41.1 Å². The first-order valence-corrected chi connectivity index (χ1v) is 5.05. The molecule has 0 saturated carbocycles. The van der Waals surface area contributed by atoms with E-state index in [1.807, 2.05) is 0 Å². The van der Waals surface area contributed by atoms with Gasteiger partial charge in [0.25, 0.3) is 5.91 Å². The number of nitrogens with one attached hydrogen (secondary N) is 2. The van der Waals surface area contributed by atoms with Crippen molar-refractivity contribution in [1.82, 2.24) is 10.2 Å². The summed E-state index contributed by atoms with van der Waals surface area (Å²) in [6.07, 6.45) is 1.52.